The van der Waals surface area contributed by atoms with Gasteiger partial charge in [-0.05, 0) is 23.3 Å². The van der Waals surface area contributed by atoms with E-state index in [0.717, 1.165) is 11.1 Å². The number of carbonyl (C=O) groups is 1. The van der Waals surface area contributed by atoms with Gasteiger partial charge in [0.1, 0.15) is 12.4 Å². The van der Waals surface area contributed by atoms with Crippen LogP contribution >= 0.6 is 11.6 Å². The van der Waals surface area contributed by atoms with Gasteiger partial charge in [0.2, 0.25) is 0 Å². The molecule has 2 nitrogen and oxygen atoms in total. The maximum absolute atomic E-state index is 11.6. The number of carbonyl (C=O) groups excluding carboxylic acids is 1. The van der Waals surface area contributed by atoms with Crippen molar-refractivity contribution >= 4 is 17.4 Å². The molecule has 0 saturated carbocycles. The summed E-state index contributed by atoms with van der Waals surface area (Å²) < 4.78 is 5.70. The molecule has 2 aromatic carbocycles. The minimum Gasteiger partial charge on any atom is -0.488 e. The van der Waals surface area contributed by atoms with Crippen LogP contribution in [0.15, 0.2) is 42.5 Å². The maximum Gasteiger partial charge on any atom is 0.171 e. The molecule has 0 spiro atoms. The molecule has 1 aliphatic carbocycles. The van der Waals surface area contributed by atoms with E-state index in [1.165, 1.54) is 0 Å². The van der Waals surface area contributed by atoms with Crippen LogP contribution in [0.5, 0.6) is 5.75 Å². The number of Topliss-reactive ketones (excluding diaryl/α,β-unsaturated/α-hetero) is 1. The first-order valence-corrected chi connectivity index (χ1v) is 6.15. The SMILES string of the molecule is O=C1Cc2c(Cl)ccc(OCc3ccccc3)c21. The number of ether oxygens (including phenoxy) is 1. The lowest BCUT2D eigenvalue weighted by molar-refractivity contribution is 0.0962. The van der Waals surface area contributed by atoms with Crippen molar-refractivity contribution in [1.82, 2.24) is 0 Å². The highest BCUT2D eigenvalue weighted by Crippen LogP contribution is 2.37. The highest BCUT2D eigenvalue weighted by molar-refractivity contribution is 6.33. The molecular formula is C15H11ClO2. The topological polar surface area (TPSA) is 26.3 Å². The van der Waals surface area contributed by atoms with E-state index in [2.05, 4.69) is 0 Å². The minimum absolute atomic E-state index is 0.107. The molecule has 0 aliphatic heterocycles. The Morgan fingerprint density at radius 1 is 1.11 bits per heavy atom. The third-order valence-corrected chi connectivity index (χ3v) is 3.42. The number of benzene rings is 2. The van der Waals surface area contributed by atoms with Gasteiger partial charge in [-0.25, -0.2) is 0 Å². The van der Waals surface area contributed by atoms with Crippen LogP contribution in [-0.4, -0.2) is 5.78 Å². The number of hydrogen-bond acceptors (Lipinski definition) is 2. The van der Waals surface area contributed by atoms with Crippen molar-refractivity contribution in [2.24, 2.45) is 0 Å². The lowest BCUT2D eigenvalue weighted by atomic mass is 9.86. The molecule has 0 saturated heterocycles. The summed E-state index contributed by atoms with van der Waals surface area (Å²) in [5.41, 5.74) is 2.64. The molecule has 0 unspecified atom stereocenters. The van der Waals surface area contributed by atoms with Crippen LogP contribution < -0.4 is 4.74 Å². The van der Waals surface area contributed by atoms with E-state index in [1.807, 2.05) is 30.3 Å². The highest BCUT2D eigenvalue weighted by atomic mass is 35.5. The fourth-order valence-corrected chi connectivity index (χ4v) is 2.30. The lowest BCUT2D eigenvalue weighted by Crippen LogP contribution is -2.20. The van der Waals surface area contributed by atoms with Crippen molar-refractivity contribution < 1.29 is 9.53 Å². The van der Waals surface area contributed by atoms with Crippen molar-refractivity contribution in [3.63, 3.8) is 0 Å². The Morgan fingerprint density at radius 3 is 2.61 bits per heavy atom. The van der Waals surface area contributed by atoms with Gasteiger partial charge in [-0.2, -0.15) is 0 Å². The van der Waals surface area contributed by atoms with Gasteiger partial charge in [0.05, 0.1) is 5.56 Å². The molecule has 3 rings (SSSR count). The Hall–Kier alpha value is -1.80. The minimum atomic E-state index is 0.107. The second kappa shape index (κ2) is 4.46. The quantitative estimate of drug-likeness (QED) is 0.840. The third-order valence-electron chi connectivity index (χ3n) is 3.07. The van der Waals surface area contributed by atoms with Gasteiger partial charge in [0.25, 0.3) is 0 Å². The fourth-order valence-electron chi connectivity index (χ4n) is 2.08. The third kappa shape index (κ3) is 1.89. The summed E-state index contributed by atoms with van der Waals surface area (Å²) in [5, 5.41) is 0.650. The fraction of sp³-hybridized carbons (Fsp3) is 0.133. The predicted octanol–water partition coefficient (Wildman–Crippen LogP) is 3.66. The normalized spacial score (nSPS) is 12.8. The van der Waals surface area contributed by atoms with Gasteiger partial charge < -0.3 is 4.74 Å². The Labute approximate surface area is 110 Å². The molecule has 0 bridgehead atoms. The standard InChI is InChI=1S/C15H11ClO2/c16-12-6-7-14(15-11(12)8-13(15)17)18-9-10-4-2-1-3-5-10/h1-7H,8-9H2. The smallest absolute Gasteiger partial charge is 0.171 e. The van der Waals surface area contributed by atoms with Gasteiger partial charge in [-0.3, -0.25) is 4.79 Å². The van der Waals surface area contributed by atoms with Crippen molar-refractivity contribution in [3.05, 3.63) is 64.2 Å². The molecule has 0 atom stereocenters. The lowest BCUT2D eigenvalue weighted by Gasteiger charge is -2.22. The van der Waals surface area contributed by atoms with Crippen LogP contribution in [0.2, 0.25) is 5.02 Å². The van der Waals surface area contributed by atoms with E-state index in [0.29, 0.717) is 29.4 Å². The molecule has 0 N–H and O–H groups in total. The number of ketones is 1. The van der Waals surface area contributed by atoms with E-state index in [4.69, 9.17) is 16.3 Å². The molecule has 0 radical (unpaired) electrons. The van der Waals surface area contributed by atoms with Crippen LogP contribution in [0, 0.1) is 0 Å². The Bertz CT molecular complexity index is 605. The Morgan fingerprint density at radius 2 is 1.89 bits per heavy atom. The first-order valence-electron chi connectivity index (χ1n) is 5.77. The molecule has 90 valence electrons. The van der Waals surface area contributed by atoms with Crippen LogP contribution in [0.4, 0.5) is 0 Å². The molecule has 0 fully saturated rings. The summed E-state index contributed by atoms with van der Waals surface area (Å²) in [6.07, 6.45) is 0.427. The van der Waals surface area contributed by atoms with Crippen LogP contribution in [0.25, 0.3) is 0 Å². The second-order valence-electron chi connectivity index (χ2n) is 4.27. The van der Waals surface area contributed by atoms with E-state index in [9.17, 15) is 4.79 Å². The van der Waals surface area contributed by atoms with Crippen LogP contribution in [0.1, 0.15) is 21.5 Å². The zero-order valence-electron chi connectivity index (χ0n) is 9.65. The van der Waals surface area contributed by atoms with Gasteiger partial charge in [0, 0.05) is 11.4 Å². The average Bonchev–Trinajstić information content (AvgIpc) is 2.39. The van der Waals surface area contributed by atoms with E-state index < -0.39 is 0 Å². The molecule has 1 aliphatic rings. The predicted molar refractivity (Wildman–Crippen MR) is 70.3 cm³/mol. The summed E-state index contributed by atoms with van der Waals surface area (Å²) in [5.74, 6) is 0.741. The average molecular weight is 259 g/mol. The highest BCUT2D eigenvalue weighted by Gasteiger charge is 2.29. The number of fused-ring (bicyclic) bond motifs is 1. The zero-order chi connectivity index (χ0) is 12.5. The van der Waals surface area contributed by atoms with Crippen molar-refractivity contribution in [2.45, 2.75) is 13.0 Å². The molecule has 0 aromatic heterocycles. The van der Waals surface area contributed by atoms with Crippen molar-refractivity contribution in [1.29, 1.82) is 0 Å². The van der Waals surface area contributed by atoms with Crippen molar-refractivity contribution in [2.75, 3.05) is 0 Å². The van der Waals surface area contributed by atoms with E-state index in [-0.39, 0.29) is 5.78 Å². The molecular weight excluding hydrogens is 248 g/mol. The summed E-state index contributed by atoms with van der Waals surface area (Å²) in [6, 6.07) is 13.4. The monoisotopic (exact) mass is 258 g/mol. The van der Waals surface area contributed by atoms with Gasteiger partial charge in [-0.15, -0.1) is 0 Å². The molecule has 2 aromatic rings. The number of rotatable bonds is 3. The molecule has 3 heteroatoms. The Balaban J connectivity index is 1.82. The summed E-state index contributed by atoms with van der Waals surface area (Å²) >= 11 is 6.01. The first-order chi connectivity index (χ1) is 8.75. The van der Waals surface area contributed by atoms with Gasteiger partial charge >= 0.3 is 0 Å². The first kappa shape index (κ1) is 11.3. The summed E-state index contributed by atoms with van der Waals surface area (Å²) in [6.45, 7) is 0.461. The summed E-state index contributed by atoms with van der Waals surface area (Å²) in [4.78, 5) is 11.6. The van der Waals surface area contributed by atoms with Gasteiger partial charge in [-0.1, -0.05) is 41.9 Å². The number of halogens is 1. The Kier molecular flexibility index (Phi) is 2.80. The van der Waals surface area contributed by atoms with E-state index >= 15 is 0 Å². The van der Waals surface area contributed by atoms with Crippen LogP contribution in [0.3, 0.4) is 0 Å². The largest absolute Gasteiger partial charge is 0.488 e. The number of hydrogen-bond donors (Lipinski definition) is 0. The van der Waals surface area contributed by atoms with Crippen molar-refractivity contribution in [3.8, 4) is 5.75 Å². The second-order valence-corrected chi connectivity index (χ2v) is 4.68. The molecule has 0 amide bonds. The summed E-state index contributed by atoms with van der Waals surface area (Å²) in [7, 11) is 0. The van der Waals surface area contributed by atoms with Crippen LogP contribution in [-0.2, 0) is 13.0 Å². The van der Waals surface area contributed by atoms with E-state index in [1.54, 1.807) is 12.1 Å². The zero-order valence-corrected chi connectivity index (χ0v) is 10.4. The van der Waals surface area contributed by atoms with Gasteiger partial charge in [0.15, 0.2) is 5.78 Å². The maximum atomic E-state index is 11.6. The molecule has 18 heavy (non-hydrogen) atoms. The molecule has 0 heterocycles.